The van der Waals surface area contributed by atoms with Gasteiger partial charge in [-0.3, -0.25) is 4.79 Å². The van der Waals surface area contributed by atoms with Crippen LogP contribution in [0.25, 0.3) is 0 Å². The Labute approximate surface area is 168 Å². The molecule has 1 fully saturated rings. The summed E-state index contributed by atoms with van der Waals surface area (Å²) < 4.78 is 5.75. The van der Waals surface area contributed by atoms with Crippen molar-refractivity contribution in [3.63, 3.8) is 0 Å². The van der Waals surface area contributed by atoms with Gasteiger partial charge in [0.25, 0.3) is 5.91 Å². The van der Waals surface area contributed by atoms with E-state index >= 15 is 0 Å². The van der Waals surface area contributed by atoms with Gasteiger partial charge in [-0.1, -0.05) is 60.8 Å². The van der Waals surface area contributed by atoms with Crippen molar-refractivity contribution in [2.45, 2.75) is 90.0 Å². The van der Waals surface area contributed by atoms with Crippen LogP contribution in [-0.4, -0.2) is 29.6 Å². The van der Waals surface area contributed by atoms with Crippen molar-refractivity contribution in [1.29, 1.82) is 0 Å². The fourth-order valence-corrected chi connectivity index (χ4v) is 3.93. The monoisotopic (exact) mass is 389 g/mol. The van der Waals surface area contributed by atoms with Gasteiger partial charge in [0.05, 0.1) is 7.11 Å². The minimum Gasteiger partial charge on any atom is -0.496 e. The van der Waals surface area contributed by atoms with Crippen LogP contribution in [0.3, 0.4) is 0 Å². The lowest BCUT2D eigenvalue weighted by Gasteiger charge is -2.34. The predicted molar refractivity (Wildman–Crippen MR) is 111 cm³/mol. The third-order valence-electron chi connectivity index (χ3n) is 5.64. The topological polar surface area (TPSA) is 75.6 Å². The second-order valence-corrected chi connectivity index (χ2v) is 10.0. The molecule has 0 unspecified atom stereocenters. The Hall–Kier alpha value is -2.04. The first kappa shape index (κ1) is 22.3. The molecule has 2 N–H and O–H groups in total. The van der Waals surface area contributed by atoms with Gasteiger partial charge in [-0.15, -0.1) is 0 Å². The SMILES string of the molecule is COc1c(C(C)(C)C)cc(C(=O)NC2(C(=O)O)CCCCC2)cc1C(C)(C)C. The molecule has 0 saturated heterocycles. The summed E-state index contributed by atoms with van der Waals surface area (Å²) in [5.41, 5.74) is 0.760. The van der Waals surface area contributed by atoms with Crippen LogP contribution in [0.15, 0.2) is 12.1 Å². The predicted octanol–water partition coefficient (Wildman–Crippen LogP) is 4.81. The van der Waals surface area contributed by atoms with Crippen LogP contribution in [0.1, 0.15) is 95.1 Å². The Balaban J connectivity index is 2.55. The summed E-state index contributed by atoms with van der Waals surface area (Å²) in [5.74, 6) is -0.480. The van der Waals surface area contributed by atoms with Crippen LogP contribution in [-0.2, 0) is 15.6 Å². The van der Waals surface area contributed by atoms with Crippen molar-refractivity contribution in [3.8, 4) is 5.75 Å². The molecule has 1 aromatic carbocycles. The molecule has 1 saturated carbocycles. The molecule has 0 atom stereocenters. The minimum absolute atomic E-state index is 0.225. The van der Waals surface area contributed by atoms with E-state index in [1.165, 1.54) is 0 Å². The largest absolute Gasteiger partial charge is 0.496 e. The third kappa shape index (κ3) is 4.50. The number of ether oxygens (including phenoxy) is 1. The van der Waals surface area contributed by atoms with E-state index in [1.54, 1.807) is 7.11 Å². The van der Waals surface area contributed by atoms with Crippen LogP contribution in [0.2, 0.25) is 0 Å². The summed E-state index contributed by atoms with van der Waals surface area (Å²) in [5, 5.41) is 12.7. The molecule has 0 radical (unpaired) electrons. The first-order chi connectivity index (χ1) is 12.8. The molecule has 1 aliphatic rings. The Morgan fingerprint density at radius 1 is 0.964 bits per heavy atom. The second-order valence-electron chi connectivity index (χ2n) is 10.0. The number of aliphatic carboxylic acids is 1. The summed E-state index contributed by atoms with van der Waals surface area (Å²) in [6.07, 6.45) is 3.59. The van der Waals surface area contributed by atoms with Gasteiger partial charge in [0, 0.05) is 16.7 Å². The Kier molecular flexibility index (Phi) is 6.17. The number of rotatable bonds is 4. The second kappa shape index (κ2) is 7.76. The molecule has 2 rings (SSSR count). The van der Waals surface area contributed by atoms with E-state index in [0.29, 0.717) is 18.4 Å². The highest BCUT2D eigenvalue weighted by Crippen LogP contribution is 2.40. The number of hydrogen-bond acceptors (Lipinski definition) is 3. The van der Waals surface area contributed by atoms with Crippen LogP contribution < -0.4 is 10.1 Å². The first-order valence-corrected chi connectivity index (χ1v) is 10.1. The normalized spacial score (nSPS) is 17.1. The van der Waals surface area contributed by atoms with Gasteiger partial charge < -0.3 is 15.2 Å². The number of hydrogen-bond donors (Lipinski definition) is 2. The summed E-state index contributed by atoms with van der Waals surface area (Å²) in [7, 11) is 1.65. The molecule has 0 heterocycles. The summed E-state index contributed by atoms with van der Waals surface area (Å²) in [6.45, 7) is 12.5. The Bertz CT molecular complexity index is 712. The minimum atomic E-state index is -1.17. The molecular weight excluding hydrogens is 354 g/mol. The fraction of sp³-hybridized carbons (Fsp3) is 0.652. The van der Waals surface area contributed by atoms with Crippen molar-refractivity contribution >= 4 is 11.9 Å². The van der Waals surface area contributed by atoms with Crippen LogP contribution in [0, 0.1) is 0 Å². The molecule has 28 heavy (non-hydrogen) atoms. The number of benzene rings is 1. The number of methoxy groups -OCH3 is 1. The van der Waals surface area contributed by atoms with Crippen LogP contribution >= 0.6 is 0 Å². The molecular formula is C23H35NO4. The molecule has 0 aliphatic heterocycles. The van der Waals surface area contributed by atoms with Gasteiger partial charge in [-0.05, 0) is 35.8 Å². The fourth-order valence-electron chi connectivity index (χ4n) is 3.93. The average Bonchev–Trinajstić information content (AvgIpc) is 2.59. The maximum Gasteiger partial charge on any atom is 0.329 e. The van der Waals surface area contributed by atoms with E-state index in [2.05, 4.69) is 46.9 Å². The first-order valence-electron chi connectivity index (χ1n) is 10.1. The van der Waals surface area contributed by atoms with E-state index < -0.39 is 11.5 Å². The molecule has 1 aromatic rings. The molecule has 1 aliphatic carbocycles. The highest BCUT2D eigenvalue weighted by Gasteiger charge is 2.41. The van der Waals surface area contributed by atoms with Crippen molar-refractivity contribution in [2.75, 3.05) is 7.11 Å². The molecule has 0 spiro atoms. The van der Waals surface area contributed by atoms with Crippen LogP contribution in [0.4, 0.5) is 0 Å². The molecule has 0 aromatic heterocycles. The van der Waals surface area contributed by atoms with Crippen LogP contribution in [0.5, 0.6) is 5.75 Å². The summed E-state index contributed by atoms with van der Waals surface area (Å²) in [4.78, 5) is 25.1. The highest BCUT2D eigenvalue weighted by atomic mass is 16.5. The van der Waals surface area contributed by atoms with E-state index in [0.717, 1.165) is 36.1 Å². The quantitative estimate of drug-likeness (QED) is 0.775. The molecule has 0 bridgehead atoms. The van der Waals surface area contributed by atoms with Crippen molar-refractivity contribution in [2.24, 2.45) is 0 Å². The zero-order chi connectivity index (χ0) is 21.3. The molecule has 156 valence electrons. The lowest BCUT2D eigenvalue weighted by atomic mass is 9.78. The average molecular weight is 390 g/mol. The number of carbonyl (C=O) groups is 2. The lowest BCUT2D eigenvalue weighted by molar-refractivity contribution is -0.145. The summed E-state index contributed by atoms with van der Waals surface area (Å²) >= 11 is 0. The van der Waals surface area contributed by atoms with Gasteiger partial charge in [0.15, 0.2) is 0 Å². The van der Waals surface area contributed by atoms with Crippen molar-refractivity contribution < 1.29 is 19.4 Å². The number of carbonyl (C=O) groups excluding carboxylic acids is 1. The van der Waals surface area contributed by atoms with E-state index in [1.807, 2.05) is 12.1 Å². The zero-order valence-corrected chi connectivity index (χ0v) is 18.4. The maximum atomic E-state index is 13.2. The molecule has 1 amide bonds. The Morgan fingerprint density at radius 2 is 1.43 bits per heavy atom. The number of amides is 1. The van der Waals surface area contributed by atoms with E-state index in [9.17, 15) is 14.7 Å². The van der Waals surface area contributed by atoms with Gasteiger partial charge in [0.1, 0.15) is 11.3 Å². The maximum absolute atomic E-state index is 13.2. The standard InChI is InChI=1S/C23H35NO4/c1-21(2,3)16-13-15(14-17(18(16)28-7)22(4,5)6)19(25)24-23(20(26)27)11-9-8-10-12-23/h13-14H,8-12H2,1-7H3,(H,24,25)(H,26,27). The molecule has 5 nitrogen and oxygen atoms in total. The van der Waals surface area contributed by atoms with Gasteiger partial charge in [-0.2, -0.15) is 0 Å². The van der Waals surface area contributed by atoms with E-state index in [4.69, 9.17) is 4.74 Å². The molecule has 5 heteroatoms. The zero-order valence-electron chi connectivity index (χ0n) is 18.4. The summed E-state index contributed by atoms with van der Waals surface area (Å²) in [6, 6.07) is 3.70. The van der Waals surface area contributed by atoms with Gasteiger partial charge >= 0.3 is 5.97 Å². The number of carboxylic acids is 1. The van der Waals surface area contributed by atoms with Gasteiger partial charge in [-0.25, -0.2) is 4.79 Å². The lowest BCUT2D eigenvalue weighted by Crippen LogP contribution is -2.55. The van der Waals surface area contributed by atoms with Crippen molar-refractivity contribution in [1.82, 2.24) is 5.32 Å². The van der Waals surface area contributed by atoms with E-state index in [-0.39, 0.29) is 16.7 Å². The van der Waals surface area contributed by atoms with Gasteiger partial charge in [0.2, 0.25) is 0 Å². The number of nitrogens with one attached hydrogen (secondary N) is 1. The Morgan fingerprint density at radius 3 is 1.79 bits per heavy atom. The smallest absolute Gasteiger partial charge is 0.329 e. The third-order valence-corrected chi connectivity index (χ3v) is 5.64. The highest BCUT2D eigenvalue weighted by molar-refractivity contribution is 5.98. The number of carboxylic acid groups (broad SMARTS) is 1. The van der Waals surface area contributed by atoms with Crippen molar-refractivity contribution in [3.05, 3.63) is 28.8 Å².